The van der Waals surface area contributed by atoms with Crippen LogP contribution in [0.4, 0.5) is 0 Å². The molecule has 59 heavy (non-hydrogen) atoms. The summed E-state index contributed by atoms with van der Waals surface area (Å²) in [7, 11) is 0. The van der Waals surface area contributed by atoms with E-state index in [1.165, 1.54) is 49.0 Å². The van der Waals surface area contributed by atoms with Gasteiger partial charge in [-0.05, 0) is 103 Å². The predicted molar refractivity (Wildman–Crippen MR) is 248 cm³/mol. The summed E-state index contributed by atoms with van der Waals surface area (Å²) in [4.78, 5) is 10.8. The van der Waals surface area contributed by atoms with Gasteiger partial charge in [0.1, 0.15) is 0 Å². The first-order chi connectivity index (χ1) is 29.2. The molecule has 0 unspecified atom stereocenters. The summed E-state index contributed by atoms with van der Waals surface area (Å²) < 4.78 is 2.45. The lowest BCUT2D eigenvalue weighted by molar-refractivity contribution is 1.18. The topological polar surface area (TPSA) is 30.7 Å². The molecule has 12 aromatic rings. The summed E-state index contributed by atoms with van der Waals surface area (Å²) in [6.07, 6.45) is 0. The third-order valence-electron chi connectivity index (χ3n) is 11.9. The van der Waals surface area contributed by atoms with E-state index in [1.807, 2.05) is 0 Å². The standard InChI is InChI=1S/C56H35N3/c1-3-14-36(15-4-1)42-28-29-51-49(32-42)55(38-17-5-2-6-18-38)58-56(57-51)48-35-45(31-43-22-11-12-23-46(43)48)59-52-25-13-24-47(44-27-26-37-16-7-8-19-39(37)30-44)54(52)50-33-40-20-9-10-21-41(40)34-53(50)59/h1-35H. The minimum absolute atomic E-state index is 0.699. The van der Waals surface area contributed by atoms with Gasteiger partial charge in [0.05, 0.1) is 22.2 Å². The summed E-state index contributed by atoms with van der Waals surface area (Å²) in [5.74, 6) is 0.699. The molecule has 0 N–H and O–H groups in total. The van der Waals surface area contributed by atoms with E-state index in [0.29, 0.717) is 5.82 Å². The van der Waals surface area contributed by atoms with Crippen LogP contribution in [-0.2, 0) is 0 Å². The Hall–Kier alpha value is -7.88. The predicted octanol–water partition coefficient (Wildman–Crippen LogP) is 14.9. The Morgan fingerprint density at radius 1 is 0.322 bits per heavy atom. The maximum atomic E-state index is 5.47. The highest BCUT2D eigenvalue weighted by Gasteiger charge is 2.21. The van der Waals surface area contributed by atoms with Crippen LogP contribution in [0.25, 0.3) is 116 Å². The molecular weight excluding hydrogens is 715 g/mol. The van der Waals surface area contributed by atoms with Crippen LogP contribution in [0.1, 0.15) is 0 Å². The second-order valence-electron chi connectivity index (χ2n) is 15.4. The average Bonchev–Trinajstić information content (AvgIpc) is 3.63. The van der Waals surface area contributed by atoms with Gasteiger partial charge >= 0.3 is 0 Å². The zero-order valence-electron chi connectivity index (χ0n) is 32.0. The molecule has 0 bridgehead atoms. The molecule has 0 spiro atoms. The van der Waals surface area contributed by atoms with E-state index >= 15 is 0 Å². The highest BCUT2D eigenvalue weighted by atomic mass is 15.0. The van der Waals surface area contributed by atoms with Gasteiger partial charge in [-0.25, -0.2) is 9.97 Å². The summed E-state index contributed by atoms with van der Waals surface area (Å²) in [5.41, 5.74) is 12.0. The number of hydrogen-bond acceptors (Lipinski definition) is 2. The van der Waals surface area contributed by atoms with Gasteiger partial charge in [0.25, 0.3) is 0 Å². The van der Waals surface area contributed by atoms with Crippen molar-refractivity contribution in [1.82, 2.24) is 14.5 Å². The van der Waals surface area contributed by atoms with Crippen LogP contribution in [0.15, 0.2) is 212 Å². The molecule has 274 valence electrons. The summed E-state index contributed by atoms with van der Waals surface area (Å²) in [6, 6.07) is 76.4. The van der Waals surface area contributed by atoms with Crippen molar-refractivity contribution in [1.29, 1.82) is 0 Å². The first-order valence-corrected chi connectivity index (χ1v) is 20.1. The Morgan fingerprint density at radius 3 is 1.78 bits per heavy atom. The van der Waals surface area contributed by atoms with Crippen LogP contribution >= 0.6 is 0 Å². The Morgan fingerprint density at radius 2 is 0.983 bits per heavy atom. The van der Waals surface area contributed by atoms with Crippen molar-refractivity contribution in [3.63, 3.8) is 0 Å². The Balaban J connectivity index is 1.14. The van der Waals surface area contributed by atoms with E-state index in [4.69, 9.17) is 9.97 Å². The smallest absolute Gasteiger partial charge is 0.161 e. The van der Waals surface area contributed by atoms with Crippen molar-refractivity contribution in [3.05, 3.63) is 212 Å². The van der Waals surface area contributed by atoms with Crippen LogP contribution < -0.4 is 0 Å². The second-order valence-corrected chi connectivity index (χ2v) is 15.4. The molecule has 0 amide bonds. The number of benzene rings is 10. The third kappa shape index (κ3) is 5.51. The molecule has 12 rings (SSSR count). The molecule has 2 heterocycles. The molecule has 0 aliphatic heterocycles. The van der Waals surface area contributed by atoms with E-state index in [0.717, 1.165) is 60.8 Å². The number of rotatable bonds is 5. The van der Waals surface area contributed by atoms with Gasteiger partial charge in [0.15, 0.2) is 5.82 Å². The molecule has 0 saturated carbocycles. The van der Waals surface area contributed by atoms with Crippen molar-refractivity contribution in [2.75, 3.05) is 0 Å². The van der Waals surface area contributed by atoms with Crippen molar-refractivity contribution in [3.8, 4) is 50.6 Å². The number of nitrogens with zero attached hydrogens (tertiary/aromatic N) is 3. The van der Waals surface area contributed by atoms with Crippen molar-refractivity contribution in [2.24, 2.45) is 0 Å². The van der Waals surface area contributed by atoms with Gasteiger partial charge in [-0.3, -0.25) is 0 Å². The Labute approximate surface area is 341 Å². The molecule has 0 atom stereocenters. The molecule has 0 radical (unpaired) electrons. The first-order valence-electron chi connectivity index (χ1n) is 20.1. The van der Waals surface area contributed by atoms with E-state index < -0.39 is 0 Å². The van der Waals surface area contributed by atoms with Crippen LogP contribution in [0.5, 0.6) is 0 Å². The summed E-state index contributed by atoms with van der Waals surface area (Å²) in [6.45, 7) is 0. The molecule has 0 aliphatic carbocycles. The van der Waals surface area contributed by atoms with Crippen LogP contribution in [-0.4, -0.2) is 14.5 Å². The average molecular weight is 750 g/mol. The molecule has 0 fully saturated rings. The van der Waals surface area contributed by atoms with Gasteiger partial charge < -0.3 is 4.57 Å². The SMILES string of the molecule is c1ccc(-c2ccc3nc(-c4cc(-n5c6cc7ccccc7cc6c6c(-c7ccc8ccccc8c7)cccc65)cc5ccccc45)nc(-c4ccccc4)c3c2)cc1. The van der Waals surface area contributed by atoms with Crippen molar-refractivity contribution in [2.45, 2.75) is 0 Å². The van der Waals surface area contributed by atoms with Crippen LogP contribution in [0.3, 0.4) is 0 Å². The van der Waals surface area contributed by atoms with Gasteiger partial charge in [-0.2, -0.15) is 0 Å². The Kier molecular flexibility index (Phi) is 7.54. The lowest BCUT2D eigenvalue weighted by atomic mass is 9.96. The summed E-state index contributed by atoms with van der Waals surface area (Å²) in [5, 5.41) is 10.6. The molecular formula is C56H35N3. The largest absolute Gasteiger partial charge is 0.309 e. The molecule has 3 heteroatoms. The highest BCUT2D eigenvalue weighted by Crippen LogP contribution is 2.43. The highest BCUT2D eigenvalue weighted by molar-refractivity contribution is 6.19. The zero-order valence-corrected chi connectivity index (χ0v) is 32.0. The van der Waals surface area contributed by atoms with Crippen LogP contribution in [0, 0.1) is 0 Å². The first kappa shape index (κ1) is 33.3. The molecule has 0 saturated heterocycles. The van der Waals surface area contributed by atoms with Crippen molar-refractivity contribution < 1.29 is 0 Å². The molecule has 10 aromatic carbocycles. The van der Waals surface area contributed by atoms with Gasteiger partial charge in [0, 0.05) is 33.0 Å². The fourth-order valence-electron chi connectivity index (χ4n) is 9.11. The maximum absolute atomic E-state index is 5.47. The van der Waals surface area contributed by atoms with E-state index in [-0.39, 0.29) is 0 Å². The van der Waals surface area contributed by atoms with Gasteiger partial charge in [-0.1, -0.05) is 164 Å². The van der Waals surface area contributed by atoms with E-state index in [2.05, 4.69) is 217 Å². The number of fused-ring (bicyclic) bond motifs is 7. The lowest BCUT2D eigenvalue weighted by Crippen LogP contribution is -1.99. The quantitative estimate of drug-likeness (QED) is 0.175. The third-order valence-corrected chi connectivity index (χ3v) is 11.9. The minimum Gasteiger partial charge on any atom is -0.309 e. The van der Waals surface area contributed by atoms with E-state index in [9.17, 15) is 0 Å². The van der Waals surface area contributed by atoms with E-state index in [1.54, 1.807) is 0 Å². The molecule has 2 aromatic heterocycles. The maximum Gasteiger partial charge on any atom is 0.161 e. The van der Waals surface area contributed by atoms with Gasteiger partial charge in [-0.15, -0.1) is 0 Å². The Bertz CT molecular complexity index is 3600. The minimum atomic E-state index is 0.699. The number of aromatic nitrogens is 3. The monoisotopic (exact) mass is 749 g/mol. The van der Waals surface area contributed by atoms with Gasteiger partial charge in [0.2, 0.25) is 0 Å². The number of hydrogen-bond donors (Lipinski definition) is 0. The summed E-state index contributed by atoms with van der Waals surface area (Å²) >= 11 is 0. The van der Waals surface area contributed by atoms with Crippen LogP contribution in [0.2, 0.25) is 0 Å². The lowest BCUT2D eigenvalue weighted by Gasteiger charge is -2.15. The zero-order chi connectivity index (χ0) is 38.9. The molecule has 3 nitrogen and oxygen atoms in total. The van der Waals surface area contributed by atoms with Crippen molar-refractivity contribution >= 4 is 65.0 Å². The fraction of sp³-hybridized carbons (Fsp3) is 0. The fourth-order valence-corrected chi connectivity index (χ4v) is 9.11. The second kappa shape index (κ2) is 13.4. The normalized spacial score (nSPS) is 11.7. The molecule has 0 aliphatic rings.